The molecule has 1 aromatic carbocycles. The van der Waals surface area contributed by atoms with Crippen molar-refractivity contribution in [3.05, 3.63) is 28.8 Å². The van der Waals surface area contributed by atoms with E-state index in [2.05, 4.69) is 10.3 Å². The van der Waals surface area contributed by atoms with E-state index in [4.69, 9.17) is 26.6 Å². The molecular weight excluding hydrogens is 368 g/mol. The fourth-order valence-corrected chi connectivity index (χ4v) is 2.63. The van der Waals surface area contributed by atoms with Gasteiger partial charge in [0, 0.05) is 5.02 Å². The lowest BCUT2D eigenvalue weighted by Crippen LogP contribution is -2.52. The molecule has 6 N–H and O–H groups in total. The number of phenols is 1. The second-order valence-corrected chi connectivity index (χ2v) is 6.35. The van der Waals surface area contributed by atoms with Crippen LogP contribution in [0.5, 0.6) is 5.75 Å². The van der Waals surface area contributed by atoms with Gasteiger partial charge in [0.2, 0.25) is 5.90 Å². The predicted molar refractivity (Wildman–Crippen MR) is 92.1 cm³/mol. The lowest BCUT2D eigenvalue weighted by molar-refractivity contribution is -0.138. The number of halogens is 1. The molecule has 1 amide bonds. The zero-order valence-electron chi connectivity index (χ0n) is 13.9. The van der Waals surface area contributed by atoms with Crippen molar-refractivity contribution >= 4 is 23.4 Å². The van der Waals surface area contributed by atoms with E-state index in [1.54, 1.807) is 6.92 Å². The third kappa shape index (κ3) is 4.43. The van der Waals surface area contributed by atoms with Gasteiger partial charge < -0.3 is 35.6 Å². The lowest BCUT2D eigenvalue weighted by Gasteiger charge is -2.24. The summed E-state index contributed by atoms with van der Waals surface area (Å²) < 4.78 is 5.52. The van der Waals surface area contributed by atoms with Crippen LogP contribution in [0.25, 0.3) is 0 Å². The Morgan fingerprint density at radius 2 is 2.00 bits per heavy atom. The fraction of sp³-hybridized carbons (Fsp3) is 0.500. The van der Waals surface area contributed by atoms with E-state index >= 15 is 0 Å². The van der Waals surface area contributed by atoms with Gasteiger partial charge in [-0.25, -0.2) is 4.99 Å². The van der Waals surface area contributed by atoms with Crippen molar-refractivity contribution in [3.63, 3.8) is 0 Å². The van der Waals surface area contributed by atoms with Crippen LogP contribution in [0.2, 0.25) is 5.02 Å². The maximum absolute atomic E-state index is 11.9. The molecule has 0 spiro atoms. The van der Waals surface area contributed by atoms with Crippen molar-refractivity contribution in [2.45, 2.75) is 37.3 Å². The van der Waals surface area contributed by atoms with Crippen LogP contribution in [-0.2, 0) is 9.53 Å². The molecule has 1 aromatic rings. The standard InChI is InChI=1S/C16H21ClN2O7/c1-7-12(13(23)14(24)15(25)18-9(5-20)6-21)19-16(26-7)10-4-8(17)2-3-11(10)22/h2-4,7,9,12-14,20-24H,5-6H2,1H3,(H,18,25). The summed E-state index contributed by atoms with van der Waals surface area (Å²) in [5.74, 6) is -1.06. The minimum atomic E-state index is -1.86. The Hall–Kier alpha value is -1.91. The number of phenolic OH excluding ortho intramolecular Hbond substituents is 1. The number of hydrogen-bond donors (Lipinski definition) is 6. The van der Waals surface area contributed by atoms with Crippen molar-refractivity contribution in [3.8, 4) is 5.75 Å². The number of aliphatic hydroxyl groups excluding tert-OH is 4. The van der Waals surface area contributed by atoms with Crippen molar-refractivity contribution in [2.24, 2.45) is 4.99 Å². The van der Waals surface area contributed by atoms with Crippen molar-refractivity contribution in [1.82, 2.24) is 5.32 Å². The van der Waals surface area contributed by atoms with Gasteiger partial charge in [-0.2, -0.15) is 0 Å². The number of ether oxygens (including phenoxy) is 1. The van der Waals surface area contributed by atoms with Crippen LogP contribution in [0, 0.1) is 0 Å². The molecule has 1 aliphatic heterocycles. The summed E-state index contributed by atoms with van der Waals surface area (Å²) in [4.78, 5) is 16.1. The molecule has 26 heavy (non-hydrogen) atoms. The minimum absolute atomic E-state index is 0.0257. The maximum atomic E-state index is 11.9. The van der Waals surface area contributed by atoms with Crippen LogP contribution in [0.3, 0.4) is 0 Å². The number of benzene rings is 1. The molecule has 144 valence electrons. The van der Waals surface area contributed by atoms with Gasteiger partial charge in [0.25, 0.3) is 5.91 Å². The molecule has 0 aliphatic carbocycles. The van der Waals surface area contributed by atoms with E-state index in [0.717, 1.165) is 0 Å². The Kier molecular flexibility index (Phi) is 6.79. The van der Waals surface area contributed by atoms with Crippen LogP contribution in [-0.4, -0.2) is 80.9 Å². The molecule has 2 rings (SSSR count). The zero-order chi connectivity index (χ0) is 19.4. The van der Waals surface area contributed by atoms with Crippen LogP contribution >= 0.6 is 11.6 Å². The largest absolute Gasteiger partial charge is 0.507 e. The number of aliphatic hydroxyl groups is 4. The van der Waals surface area contributed by atoms with Crippen LogP contribution < -0.4 is 5.32 Å². The van der Waals surface area contributed by atoms with Crippen LogP contribution in [0.15, 0.2) is 23.2 Å². The number of nitrogens with zero attached hydrogens (tertiary/aromatic N) is 1. The maximum Gasteiger partial charge on any atom is 0.252 e. The highest BCUT2D eigenvalue weighted by Crippen LogP contribution is 2.28. The van der Waals surface area contributed by atoms with E-state index in [0.29, 0.717) is 5.02 Å². The number of carbonyl (C=O) groups is 1. The first-order chi connectivity index (χ1) is 12.3. The van der Waals surface area contributed by atoms with Crippen LogP contribution in [0.1, 0.15) is 12.5 Å². The Bertz CT molecular complexity index is 681. The van der Waals surface area contributed by atoms with Gasteiger partial charge in [-0.3, -0.25) is 4.79 Å². The second kappa shape index (κ2) is 8.65. The summed E-state index contributed by atoms with van der Waals surface area (Å²) in [5.41, 5.74) is 0.221. The van der Waals surface area contributed by atoms with Gasteiger partial charge in [-0.05, 0) is 25.1 Å². The summed E-state index contributed by atoms with van der Waals surface area (Å²) in [6, 6.07) is 2.35. The zero-order valence-corrected chi connectivity index (χ0v) is 14.7. The van der Waals surface area contributed by atoms with Gasteiger partial charge in [0.05, 0.1) is 24.8 Å². The van der Waals surface area contributed by atoms with E-state index in [1.807, 2.05) is 0 Å². The highest BCUT2D eigenvalue weighted by Gasteiger charge is 2.40. The minimum Gasteiger partial charge on any atom is -0.507 e. The molecule has 0 radical (unpaired) electrons. The molecule has 0 bridgehead atoms. The third-order valence-corrected chi connectivity index (χ3v) is 4.20. The SMILES string of the molecule is CC1OC(c2cc(Cl)ccc2O)=NC1C(O)C(O)C(=O)NC(CO)CO. The molecule has 4 unspecified atom stereocenters. The summed E-state index contributed by atoms with van der Waals surface area (Å²) in [5, 5.41) is 50.7. The highest BCUT2D eigenvalue weighted by molar-refractivity contribution is 6.31. The first-order valence-electron chi connectivity index (χ1n) is 7.90. The van der Waals surface area contributed by atoms with E-state index in [9.17, 15) is 20.1 Å². The number of amides is 1. The molecule has 4 atom stereocenters. The first-order valence-corrected chi connectivity index (χ1v) is 8.27. The molecule has 0 aromatic heterocycles. The average molecular weight is 389 g/mol. The molecule has 1 heterocycles. The summed E-state index contributed by atoms with van der Waals surface area (Å²) in [7, 11) is 0. The number of aliphatic imine (C=N–C) groups is 1. The number of rotatable bonds is 7. The van der Waals surface area contributed by atoms with Gasteiger partial charge in [0.1, 0.15) is 24.0 Å². The Balaban J connectivity index is 2.15. The number of aromatic hydroxyl groups is 1. The average Bonchev–Trinajstić information content (AvgIpc) is 3.01. The second-order valence-electron chi connectivity index (χ2n) is 5.92. The Labute approximate surface area is 154 Å². The van der Waals surface area contributed by atoms with Gasteiger partial charge in [-0.15, -0.1) is 0 Å². The molecule has 0 saturated heterocycles. The number of carbonyl (C=O) groups excluding carboxylic acids is 1. The smallest absolute Gasteiger partial charge is 0.252 e. The van der Waals surface area contributed by atoms with Gasteiger partial charge in [0.15, 0.2) is 6.10 Å². The topological polar surface area (TPSA) is 152 Å². The molecule has 0 saturated carbocycles. The summed E-state index contributed by atoms with van der Waals surface area (Å²) >= 11 is 5.89. The van der Waals surface area contributed by atoms with Crippen molar-refractivity contribution < 1.29 is 35.1 Å². The van der Waals surface area contributed by atoms with Gasteiger partial charge >= 0.3 is 0 Å². The van der Waals surface area contributed by atoms with Crippen molar-refractivity contribution in [2.75, 3.05) is 13.2 Å². The first kappa shape index (κ1) is 20.4. The Morgan fingerprint density at radius 1 is 1.35 bits per heavy atom. The quantitative estimate of drug-likeness (QED) is 0.342. The Morgan fingerprint density at radius 3 is 2.62 bits per heavy atom. The molecule has 1 aliphatic rings. The number of hydrogen-bond acceptors (Lipinski definition) is 8. The summed E-state index contributed by atoms with van der Waals surface area (Å²) in [6.07, 6.45) is -4.16. The van der Waals surface area contributed by atoms with E-state index < -0.39 is 49.5 Å². The molecule has 10 heteroatoms. The van der Waals surface area contributed by atoms with Crippen LogP contribution in [0.4, 0.5) is 0 Å². The molecule has 0 fully saturated rings. The van der Waals surface area contributed by atoms with Gasteiger partial charge in [-0.1, -0.05) is 11.6 Å². The monoisotopic (exact) mass is 388 g/mol. The van der Waals surface area contributed by atoms with Crippen molar-refractivity contribution in [1.29, 1.82) is 0 Å². The normalized spacial score (nSPS) is 21.9. The third-order valence-electron chi connectivity index (χ3n) is 3.96. The predicted octanol–water partition coefficient (Wildman–Crippen LogP) is -1.23. The highest BCUT2D eigenvalue weighted by atomic mass is 35.5. The van der Waals surface area contributed by atoms with E-state index in [-0.39, 0.29) is 17.2 Å². The molecule has 9 nitrogen and oxygen atoms in total. The number of nitrogens with one attached hydrogen (secondary N) is 1. The summed E-state index contributed by atoms with van der Waals surface area (Å²) in [6.45, 7) is 0.537. The van der Waals surface area contributed by atoms with E-state index in [1.165, 1.54) is 18.2 Å². The fourth-order valence-electron chi connectivity index (χ4n) is 2.46. The lowest BCUT2D eigenvalue weighted by atomic mass is 10.0. The molecular formula is C16H21ClN2O7.